The van der Waals surface area contributed by atoms with Crippen LogP contribution in [-0.4, -0.2) is 16.4 Å². The highest BCUT2D eigenvalue weighted by Gasteiger charge is 2.31. The molecular weight excluding hydrogens is 234 g/mol. The molecule has 1 aliphatic carbocycles. The lowest BCUT2D eigenvalue weighted by Crippen LogP contribution is -2.41. The zero-order valence-corrected chi connectivity index (χ0v) is 11.0. The predicted octanol–water partition coefficient (Wildman–Crippen LogP) is 1.73. The van der Waals surface area contributed by atoms with Gasteiger partial charge in [-0.2, -0.15) is 0 Å². The molecule has 94 valence electrons. The van der Waals surface area contributed by atoms with Gasteiger partial charge in [-0.15, -0.1) is 11.3 Å². The van der Waals surface area contributed by atoms with Gasteiger partial charge in [0.05, 0.1) is 6.54 Å². The molecule has 0 spiro atoms. The molecule has 1 heterocycles. The fraction of sp³-hybridized carbons (Fsp3) is 0.667. The van der Waals surface area contributed by atoms with Crippen LogP contribution in [0, 0.1) is 6.92 Å². The van der Waals surface area contributed by atoms with Crippen LogP contribution in [0.2, 0.25) is 0 Å². The third-order valence-electron chi connectivity index (χ3n) is 3.22. The summed E-state index contributed by atoms with van der Waals surface area (Å²) in [5.41, 5.74) is 6.90. The minimum atomic E-state index is -0.261. The van der Waals surface area contributed by atoms with Crippen molar-refractivity contribution in [1.29, 1.82) is 0 Å². The van der Waals surface area contributed by atoms with Crippen molar-refractivity contribution in [3.05, 3.63) is 16.1 Å². The molecule has 0 aliphatic heterocycles. The number of amides is 1. The molecule has 0 saturated heterocycles. The van der Waals surface area contributed by atoms with E-state index in [-0.39, 0.29) is 11.4 Å². The van der Waals surface area contributed by atoms with E-state index >= 15 is 0 Å². The average molecular weight is 253 g/mol. The van der Waals surface area contributed by atoms with E-state index in [1.165, 1.54) is 0 Å². The maximum atomic E-state index is 11.8. The molecule has 0 radical (unpaired) electrons. The van der Waals surface area contributed by atoms with Gasteiger partial charge in [0.1, 0.15) is 5.01 Å². The molecule has 0 atom stereocenters. The molecule has 0 unspecified atom stereocenters. The van der Waals surface area contributed by atoms with Crippen LogP contribution in [0.4, 0.5) is 0 Å². The van der Waals surface area contributed by atoms with Crippen LogP contribution >= 0.6 is 11.3 Å². The summed E-state index contributed by atoms with van der Waals surface area (Å²) in [7, 11) is 0. The number of hydrogen-bond acceptors (Lipinski definition) is 4. The quantitative estimate of drug-likeness (QED) is 0.858. The van der Waals surface area contributed by atoms with Crippen LogP contribution in [0.1, 0.15) is 42.8 Å². The van der Waals surface area contributed by atoms with Crippen molar-refractivity contribution in [2.75, 3.05) is 0 Å². The van der Waals surface area contributed by atoms with Gasteiger partial charge < -0.3 is 11.1 Å². The molecule has 0 aromatic carbocycles. The molecule has 5 heteroatoms. The number of carbonyl (C=O) groups is 1. The van der Waals surface area contributed by atoms with Crippen molar-refractivity contribution in [1.82, 2.24) is 10.3 Å². The number of aromatic nitrogens is 1. The molecule has 1 saturated carbocycles. The standard InChI is InChI=1S/C12H19N3OS/c1-9-8-17-11(15-9)7-14-10(16)6-12(13)4-2-3-5-12/h8H,2-7,13H2,1H3,(H,14,16). The van der Waals surface area contributed by atoms with Gasteiger partial charge in [-0.3, -0.25) is 4.79 Å². The van der Waals surface area contributed by atoms with Crippen molar-refractivity contribution in [2.24, 2.45) is 5.73 Å². The highest BCUT2D eigenvalue weighted by atomic mass is 32.1. The van der Waals surface area contributed by atoms with E-state index in [0.29, 0.717) is 13.0 Å². The summed E-state index contributed by atoms with van der Waals surface area (Å²) in [4.78, 5) is 16.1. The fourth-order valence-electron chi connectivity index (χ4n) is 2.30. The van der Waals surface area contributed by atoms with E-state index in [1.807, 2.05) is 12.3 Å². The average Bonchev–Trinajstić information content (AvgIpc) is 2.85. The molecule has 3 N–H and O–H groups in total. The van der Waals surface area contributed by atoms with Crippen LogP contribution < -0.4 is 11.1 Å². The molecule has 4 nitrogen and oxygen atoms in total. The lowest BCUT2D eigenvalue weighted by atomic mass is 9.94. The van der Waals surface area contributed by atoms with Crippen LogP contribution in [0.25, 0.3) is 0 Å². The fourth-order valence-corrected chi connectivity index (χ4v) is 3.01. The monoisotopic (exact) mass is 253 g/mol. The van der Waals surface area contributed by atoms with Gasteiger partial charge in [0, 0.05) is 23.0 Å². The summed E-state index contributed by atoms with van der Waals surface area (Å²) in [5.74, 6) is 0.0438. The van der Waals surface area contributed by atoms with Gasteiger partial charge in [-0.1, -0.05) is 12.8 Å². The first-order valence-electron chi connectivity index (χ1n) is 6.04. The maximum Gasteiger partial charge on any atom is 0.222 e. The lowest BCUT2D eigenvalue weighted by molar-refractivity contribution is -0.122. The minimum Gasteiger partial charge on any atom is -0.350 e. The van der Waals surface area contributed by atoms with E-state index in [1.54, 1.807) is 11.3 Å². The van der Waals surface area contributed by atoms with Crippen molar-refractivity contribution in [2.45, 2.75) is 51.1 Å². The van der Waals surface area contributed by atoms with Crippen LogP contribution in [0.3, 0.4) is 0 Å². The number of aryl methyl sites for hydroxylation is 1. The molecule has 1 aromatic heterocycles. The molecular formula is C12H19N3OS. The van der Waals surface area contributed by atoms with E-state index in [9.17, 15) is 4.79 Å². The zero-order chi connectivity index (χ0) is 12.3. The summed E-state index contributed by atoms with van der Waals surface area (Å²) < 4.78 is 0. The number of nitrogens with one attached hydrogen (secondary N) is 1. The van der Waals surface area contributed by atoms with E-state index < -0.39 is 0 Å². The summed E-state index contributed by atoms with van der Waals surface area (Å²) in [6.07, 6.45) is 4.68. The van der Waals surface area contributed by atoms with Crippen LogP contribution in [0.5, 0.6) is 0 Å². The molecule has 1 aliphatic rings. The third kappa shape index (κ3) is 3.51. The van der Waals surface area contributed by atoms with Crippen molar-refractivity contribution in [3.63, 3.8) is 0 Å². The largest absolute Gasteiger partial charge is 0.350 e. The highest BCUT2D eigenvalue weighted by molar-refractivity contribution is 7.09. The molecule has 2 rings (SSSR count). The Morgan fingerprint density at radius 2 is 2.29 bits per heavy atom. The van der Waals surface area contributed by atoms with Gasteiger partial charge in [0.25, 0.3) is 0 Å². The van der Waals surface area contributed by atoms with Gasteiger partial charge in [-0.25, -0.2) is 4.98 Å². The molecule has 1 fully saturated rings. The topological polar surface area (TPSA) is 68.0 Å². The highest BCUT2D eigenvalue weighted by Crippen LogP contribution is 2.29. The molecule has 1 aromatic rings. The SMILES string of the molecule is Cc1csc(CNC(=O)CC2(N)CCCC2)n1. The Hall–Kier alpha value is -0.940. The number of carbonyl (C=O) groups excluding carboxylic acids is 1. The molecule has 1 amide bonds. The van der Waals surface area contributed by atoms with E-state index in [4.69, 9.17) is 5.73 Å². The normalized spacial score (nSPS) is 18.2. The second-order valence-electron chi connectivity index (χ2n) is 4.91. The van der Waals surface area contributed by atoms with Gasteiger partial charge >= 0.3 is 0 Å². The van der Waals surface area contributed by atoms with Gasteiger partial charge in [-0.05, 0) is 19.8 Å². The second kappa shape index (κ2) is 5.14. The Morgan fingerprint density at radius 1 is 1.59 bits per heavy atom. The summed E-state index contributed by atoms with van der Waals surface area (Å²) in [5, 5.41) is 5.83. The van der Waals surface area contributed by atoms with Gasteiger partial charge in [0.15, 0.2) is 0 Å². The Bertz CT molecular complexity index is 396. The van der Waals surface area contributed by atoms with E-state index in [0.717, 1.165) is 36.4 Å². The lowest BCUT2D eigenvalue weighted by Gasteiger charge is -2.22. The predicted molar refractivity (Wildman–Crippen MR) is 68.7 cm³/mol. The molecule has 17 heavy (non-hydrogen) atoms. The number of nitrogens with two attached hydrogens (primary N) is 1. The Labute approximate surface area is 106 Å². The van der Waals surface area contributed by atoms with E-state index in [2.05, 4.69) is 10.3 Å². The first-order valence-corrected chi connectivity index (χ1v) is 6.92. The Balaban J connectivity index is 1.77. The Kier molecular flexibility index (Phi) is 3.79. The summed E-state index contributed by atoms with van der Waals surface area (Å²) >= 11 is 1.58. The number of hydrogen-bond donors (Lipinski definition) is 2. The number of nitrogens with zero attached hydrogens (tertiary/aromatic N) is 1. The number of thiazole rings is 1. The van der Waals surface area contributed by atoms with Gasteiger partial charge in [0.2, 0.25) is 5.91 Å². The van der Waals surface area contributed by atoms with Crippen molar-refractivity contribution in [3.8, 4) is 0 Å². The minimum absolute atomic E-state index is 0.0438. The third-order valence-corrected chi connectivity index (χ3v) is 4.18. The summed E-state index contributed by atoms with van der Waals surface area (Å²) in [6.45, 7) is 2.47. The first kappa shape index (κ1) is 12.5. The van der Waals surface area contributed by atoms with Crippen molar-refractivity contribution < 1.29 is 4.79 Å². The Morgan fingerprint density at radius 3 is 2.88 bits per heavy atom. The van der Waals surface area contributed by atoms with Crippen molar-refractivity contribution >= 4 is 17.2 Å². The first-order chi connectivity index (χ1) is 8.07. The summed E-state index contributed by atoms with van der Waals surface area (Å²) in [6, 6.07) is 0. The zero-order valence-electron chi connectivity index (χ0n) is 10.2. The number of rotatable bonds is 4. The smallest absolute Gasteiger partial charge is 0.222 e. The van der Waals surface area contributed by atoms with Crippen LogP contribution in [-0.2, 0) is 11.3 Å². The molecule has 0 bridgehead atoms. The maximum absolute atomic E-state index is 11.8. The van der Waals surface area contributed by atoms with Crippen LogP contribution in [0.15, 0.2) is 5.38 Å². The second-order valence-corrected chi connectivity index (χ2v) is 5.85.